The van der Waals surface area contributed by atoms with Crippen LogP contribution in [0.2, 0.25) is 0 Å². The van der Waals surface area contributed by atoms with Gasteiger partial charge in [0.25, 0.3) is 0 Å². The number of hydrogen-bond donors (Lipinski definition) is 2. The molecule has 0 bridgehead atoms. The second-order valence-corrected chi connectivity index (χ2v) is 9.55. The molecule has 0 fully saturated rings. The van der Waals surface area contributed by atoms with Crippen LogP contribution in [0, 0.1) is 0 Å². The number of nitrogens with two attached hydrogens (primary N) is 1. The van der Waals surface area contributed by atoms with E-state index in [2.05, 4.69) is 46.6 Å². The number of hydrogen-bond acceptors (Lipinski definition) is 4. The summed E-state index contributed by atoms with van der Waals surface area (Å²) in [4.78, 5) is 7.62. The summed E-state index contributed by atoms with van der Waals surface area (Å²) in [5.74, 6) is 0. The number of nitrogens with zero attached hydrogens (tertiary/aromatic N) is 2. The predicted octanol–water partition coefficient (Wildman–Crippen LogP) is 4.30. The van der Waals surface area contributed by atoms with Crippen molar-refractivity contribution in [1.82, 2.24) is 15.2 Å². The first kappa shape index (κ1) is 20.9. The van der Waals surface area contributed by atoms with Crippen LogP contribution in [0.4, 0.5) is 0 Å². The molecule has 1 unspecified atom stereocenters. The van der Waals surface area contributed by atoms with Gasteiger partial charge in [-0.3, -0.25) is 9.88 Å². The highest BCUT2D eigenvalue weighted by atomic mass is 15.2. The van der Waals surface area contributed by atoms with Gasteiger partial charge in [-0.25, -0.2) is 0 Å². The molecule has 0 saturated carbocycles. The summed E-state index contributed by atoms with van der Waals surface area (Å²) >= 11 is 0. The summed E-state index contributed by atoms with van der Waals surface area (Å²) in [6.07, 6.45) is 11.7. The normalized spacial score (nSPS) is 23.5. The van der Waals surface area contributed by atoms with E-state index in [1.165, 1.54) is 72.9 Å². The lowest BCUT2D eigenvalue weighted by Crippen LogP contribution is -2.47. The molecule has 1 aromatic heterocycles. The van der Waals surface area contributed by atoms with Crippen LogP contribution in [0.15, 0.2) is 53.7 Å². The van der Waals surface area contributed by atoms with Crippen LogP contribution >= 0.6 is 0 Å². The Labute approximate surface area is 186 Å². The summed E-state index contributed by atoms with van der Waals surface area (Å²) < 4.78 is 0. The molecule has 31 heavy (non-hydrogen) atoms. The third-order valence-electron chi connectivity index (χ3n) is 7.57. The molecule has 0 saturated heterocycles. The number of rotatable bonds is 6. The first-order valence-corrected chi connectivity index (χ1v) is 12.2. The molecule has 0 radical (unpaired) electrons. The monoisotopic (exact) mass is 416 g/mol. The van der Waals surface area contributed by atoms with Crippen LogP contribution in [0.5, 0.6) is 0 Å². The standard InChI is InChI=1S/C27H36N4/c28-16-22-8-2-4-10-24(22)18-31(26-13-5-11-20-12-6-14-29-27(20)26)19-25-15-21-7-1-3-9-23(21)17-30-25/h1,3,6-7,9,12,14,25-26,30H,2,4-5,8,10-11,13,15-19,28H2/t25-,26?/m1/s1. The second kappa shape index (κ2) is 9.64. The highest BCUT2D eigenvalue weighted by molar-refractivity contribution is 5.31. The molecule has 0 spiro atoms. The zero-order valence-corrected chi connectivity index (χ0v) is 18.7. The van der Waals surface area contributed by atoms with Crippen molar-refractivity contribution < 1.29 is 0 Å². The number of benzene rings is 1. The zero-order chi connectivity index (χ0) is 21.0. The van der Waals surface area contributed by atoms with E-state index >= 15 is 0 Å². The maximum Gasteiger partial charge on any atom is 0.0607 e. The van der Waals surface area contributed by atoms with Gasteiger partial charge in [-0.05, 0) is 74.1 Å². The maximum atomic E-state index is 6.16. The zero-order valence-electron chi connectivity index (χ0n) is 18.7. The third-order valence-corrected chi connectivity index (χ3v) is 7.57. The number of fused-ring (bicyclic) bond motifs is 2. The molecule has 4 nitrogen and oxygen atoms in total. The van der Waals surface area contributed by atoms with E-state index in [0.717, 1.165) is 32.6 Å². The average Bonchev–Trinajstić information content (AvgIpc) is 2.83. The lowest BCUT2D eigenvalue weighted by molar-refractivity contribution is 0.164. The molecule has 3 aliphatic rings. The molecule has 2 aromatic rings. The highest BCUT2D eigenvalue weighted by Crippen LogP contribution is 2.35. The van der Waals surface area contributed by atoms with Crippen LogP contribution in [0.3, 0.4) is 0 Å². The molecule has 2 atom stereocenters. The van der Waals surface area contributed by atoms with Gasteiger partial charge in [-0.15, -0.1) is 0 Å². The molecular weight excluding hydrogens is 380 g/mol. The first-order chi connectivity index (χ1) is 15.3. The molecule has 164 valence electrons. The fourth-order valence-electron chi connectivity index (χ4n) is 5.89. The van der Waals surface area contributed by atoms with Crippen molar-refractivity contribution >= 4 is 0 Å². The summed E-state index contributed by atoms with van der Waals surface area (Å²) in [6, 6.07) is 14.2. The van der Waals surface area contributed by atoms with Crippen molar-refractivity contribution in [1.29, 1.82) is 0 Å². The van der Waals surface area contributed by atoms with Crippen LogP contribution < -0.4 is 11.1 Å². The Kier molecular flexibility index (Phi) is 6.49. The van der Waals surface area contributed by atoms with Gasteiger partial charge in [0.05, 0.1) is 11.7 Å². The van der Waals surface area contributed by atoms with Gasteiger partial charge in [-0.1, -0.05) is 41.5 Å². The van der Waals surface area contributed by atoms with Crippen molar-refractivity contribution in [3.05, 3.63) is 76.1 Å². The van der Waals surface area contributed by atoms with Gasteiger partial charge in [0.15, 0.2) is 0 Å². The summed E-state index contributed by atoms with van der Waals surface area (Å²) in [5.41, 5.74) is 15.0. The molecule has 2 heterocycles. The largest absolute Gasteiger partial charge is 0.327 e. The Bertz CT molecular complexity index is 934. The van der Waals surface area contributed by atoms with Crippen molar-refractivity contribution in [2.24, 2.45) is 5.73 Å². The van der Waals surface area contributed by atoms with Crippen LogP contribution in [0.1, 0.15) is 67.0 Å². The van der Waals surface area contributed by atoms with Crippen LogP contribution in [0.25, 0.3) is 0 Å². The van der Waals surface area contributed by atoms with Crippen molar-refractivity contribution in [3.63, 3.8) is 0 Å². The fraction of sp³-hybridized carbons (Fsp3) is 0.519. The van der Waals surface area contributed by atoms with Crippen molar-refractivity contribution in [2.75, 3.05) is 19.6 Å². The van der Waals surface area contributed by atoms with Crippen molar-refractivity contribution in [3.8, 4) is 0 Å². The quantitative estimate of drug-likeness (QED) is 0.689. The Balaban J connectivity index is 1.42. The number of aromatic nitrogens is 1. The van der Waals surface area contributed by atoms with Gasteiger partial charge < -0.3 is 11.1 Å². The van der Waals surface area contributed by atoms with Gasteiger partial charge >= 0.3 is 0 Å². The minimum atomic E-state index is 0.414. The van der Waals surface area contributed by atoms with E-state index in [0.29, 0.717) is 12.1 Å². The van der Waals surface area contributed by atoms with E-state index in [1.807, 2.05) is 6.20 Å². The average molecular weight is 417 g/mol. The fourth-order valence-corrected chi connectivity index (χ4v) is 5.89. The van der Waals surface area contributed by atoms with Gasteiger partial charge in [-0.2, -0.15) is 0 Å². The van der Waals surface area contributed by atoms with Crippen LogP contribution in [-0.2, 0) is 19.4 Å². The molecule has 3 N–H and O–H groups in total. The minimum absolute atomic E-state index is 0.414. The Morgan fingerprint density at radius 2 is 1.74 bits per heavy atom. The lowest BCUT2D eigenvalue weighted by Gasteiger charge is -2.39. The lowest BCUT2D eigenvalue weighted by atomic mass is 9.87. The van der Waals surface area contributed by atoms with E-state index in [-0.39, 0.29) is 0 Å². The number of nitrogens with one attached hydrogen (secondary N) is 1. The molecule has 5 rings (SSSR count). The number of pyridine rings is 1. The van der Waals surface area contributed by atoms with Gasteiger partial charge in [0.1, 0.15) is 0 Å². The highest BCUT2D eigenvalue weighted by Gasteiger charge is 2.31. The minimum Gasteiger partial charge on any atom is -0.327 e. The number of aryl methyl sites for hydroxylation is 1. The Morgan fingerprint density at radius 1 is 0.935 bits per heavy atom. The molecule has 1 aliphatic heterocycles. The molecule has 4 heteroatoms. The van der Waals surface area contributed by atoms with E-state index in [9.17, 15) is 0 Å². The maximum absolute atomic E-state index is 6.16. The Hall–Kier alpha value is -2.01. The van der Waals surface area contributed by atoms with E-state index < -0.39 is 0 Å². The van der Waals surface area contributed by atoms with E-state index in [1.54, 1.807) is 5.57 Å². The first-order valence-electron chi connectivity index (χ1n) is 12.2. The third kappa shape index (κ3) is 4.62. The van der Waals surface area contributed by atoms with E-state index in [4.69, 9.17) is 10.7 Å². The van der Waals surface area contributed by atoms with Gasteiger partial charge in [0.2, 0.25) is 0 Å². The van der Waals surface area contributed by atoms with Crippen molar-refractivity contribution in [2.45, 2.75) is 70.0 Å². The smallest absolute Gasteiger partial charge is 0.0607 e. The molecule has 1 aromatic carbocycles. The molecule has 0 amide bonds. The Morgan fingerprint density at radius 3 is 2.61 bits per heavy atom. The predicted molar refractivity (Wildman–Crippen MR) is 127 cm³/mol. The van der Waals surface area contributed by atoms with Gasteiger partial charge in [0, 0.05) is 38.4 Å². The molecular formula is C27H36N4. The summed E-state index contributed by atoms with van der Waals surface area (Å²) in [6.45, 7) is 3.81. The summed E-state index contributed by atoms with van der Waals surface area (Å²) in [7, 11) is 0. The topological polar surface area (TPSA) is 54.2 Å². The second-order valence-electron chi connectivity index (χ2n) is 9.55. The SMILES string of the molecule is NCC1=C(CN(C[C@H]2Cc3ccccc3CN2)C2CCCc3cccnc32)CCCC1. The summed E-state index contributed by atoms with van der Waals surface area (Å²) in [5, 5.41) is 3.83. The molecule has 2 aliphatic carbocycles. The van der Waals surface area contributed by atoms with Crippen LogP contribution in [-0.4, -0.2) is 35.6 Å².